The quantitative estimate of drug-likeness (QED) is 0.492. The Bertz CT molecular complexity index is 659. The van der Waals surface area contributed by atoms with Gasteiger partial charge in [-0.3, -0.25) is 14.5 Å². The van der Waals surface area contributed by atoms with Crippen LogP contribution >= 0.6 is 11.8 Å². The second-order valence-corrected chi connectivity index (χ2v) is 6.43. The molecule has 0 saturated carbocycles. The van der Waals surface area contributed by atoms with Gasteiger partial charge in [-0.25, -0.2) is 0 Å². The van der Waals surface area contributed by atoms with Crippen LogP contribution in [0, 0.1) is 0 Å². The Morgan fingerprint density at radius 2 is 1.96 bits per heavy atom. The standard InChI is InChI=1S/C18H23NO5S/c1-4-5-9-24-14-7-6-13(11-15(14)23-3)12-16-17(20)19(8-10-22-2)18(21)25-16/h6-7,11-12H,4-5,8-10H2,1-3H3/b16-12-. The monoisotopic (exact) mass is 365 g/mol. The lowest BCUT2D eigenvalue weighted by molar-refractivity contribution is -0.123. The minimum atomic E-state index is -0.297. The molecule has 0 aromatic heterocycles. The first-order valence-corrected chi connectivity index (χ1v) is 8.97. The number of benzene rings is 1. The molecule has 1 heterocycles. The average Bonchev–Trinajstić information content (AvgIpc) is 2.87. The summed E-state index contributed by atoms with van der Waals surface area (Å²) in [5.41, 5.74) is 0.775. The largest absolute Gasteiger partial charge is 0.493 e. The summed E-state index contributed by atoms with van der Waals surface area (Å²) in [5.74, 6) is 0.971. The van der Waals surface area contributed by atoms with Gasteiger partial charge in [-0.1, -0.05) is 19.4 Å². The molecule has 2 rings (SSSR count). The van der Waals surface area contributed by atoms with Crippen LogP contribution in [0.15, 0.2) is 23.1 Å². The van der Waals surface area contributed by atoms with Crippen LogP contribution in [0.2, 0.25) is 0 Å². The molecule has 0 atom stereocenters. The number of carbonyl (C=O) groups excluding carboxylic acids is 2. The fraction of sp³-hybridized carbons (Fsp3) is 0.444. The number of ether oxygens (including phenoxy) is 3. The summed E-state index contributed by atoms with van der Waals surface area (Å²) in [5, 5.41) is -0.278. The number of hydrogen-bond acceptors (Lipinski definition) is 6. The van der Waals surface area contributed by atoms with Gasteiger partial charge in [-0.05, 0) is 42.0 Å². The third-order valence-corrected chi connectivity index (χ3v) is 4.54. The highest BCUT2D eigenvalue weighted by atomic mass is 32.2. The van der Waals surface area contributed by atoms with Gasteiger partial charge in [0.1, 0.15) is 0 Å². The Morgan fingerprint density at radius 3 is 2.64 bits per heavy atom. The molecule has 1 aromatic carbocycles. The van der Waals surface area contributed by atoms with Crippen molar-refractivity contribution >= 4 is 29.0 Å². The molecule has 0 aliphatic carbocycles. The van der Waals surface area contributed by atoms with E-state index in [9.17, 15) is 9.59 Å². The Hall–Kier alpha value is -1.99. The lowest BCUT2D eigenvalue weighted by atomic mass is 10.2. The number of thioether (sulfide) groups is 1. The van der Waals surface area contributed by atoms with Crippen LogP contribution in [0.4, 0.5) is 4.79 Å². The van der Waals surface area contributed by atoms with Crippen molar-refractivity contribution in [1.29, 1.82) is 0 Å². The molecule has 1 fully saturated rings. The van der Waals surface area contributed by atoms with Crippen molar-refractivity contribution in [2.45, 2.75) is 19.8 Å². The molecule has 0 bridgehead atoms. The van der Waals surface area contributed by atoms with Gasteiger partial charge < -0.3 is 14.2 Å². The molecular formula is C18H23NO5S. The van der Waals surface area contributed by atoms with E-state index in [0.29, 0.717) is 29.6 Å². The number of carbonyl (C=O) groups is 2. The molecule has 0 N–H and O–H groups in total. The highest BCUT2D eigenvalue weighted by Gasteiger charge is 2.34. The average molecular weight is 365 g/mol. The van der Waals surface area contributed by atoms with E-state index in [2.05, 4.69) is 6.92 Å². The second-order valence-electron chi connectivity index (χ2n) is 5.44. The van der Waals surface area contributed by atoms with E-state index in [1.165, 1.54) is 12.0 Å². The first kappa shape index (κ1) is 19.3. The number of methoxy groups -OCH3 is 2. The zero-order chi connectivity index (χ0) is 18.2. The maximum atomic E-state index is 12.3. The van der Waals surface area contributed by atoms with E-state index < -0.39 is 0 Å². The van der Waals surface area contributed by atoms with Crippen LogP contribution < -0.4 is 9.47 Å². The Labute approximate surface area is 152 Å². The fourth-order valence-corrected chi connectivity index (χ4v) is 3.11. The summed E-state index contributed by atoms with van der Waals surface area (Å²) < 4.78 is 16.0. The van der Waals surface area contributed by atoms with E-state index in [4.69, 9.17) is 14.2 Å². The summed E-state index contributed by atoms with van der Waals surface area (Å²) in [7, 11) is 3.11. The third-order valence-electron chi connectivity index (χ3n) is 3.63. The zero-order valence-corrected chi connectivity index (χ0v) is 15.6. The minimum Gasteiger partial charge on any atom is -0.493 e. The molecule has 25 heavy (non-hydrogen) atoms. The second kappa shape index (κ2) is 9.48. The predicted octanol–water partition coefficient (Wildman–Crippen LogP) is 3.56. The summed E-state index contributed by atoms with van der Waals surface area (Å²) in [4.78, 5) is 25.9. The molecule has 1 saturated heterocycles. The van der Waals surface area contributed by atoms with Gasteiger partial charge in [-0.2, -0.15) is 0 Å². The lowest BCUT2D eigenvalue weighted by Gasteiger charge is -2.11. The summed E-state index contributed by atoms with van der Waals surface area (Å²) in [6.07, 6.45) is 3.72. The van der Waals surface area contributed by atoms with E-state index in [1.54, 1.807) is 19.3 Å². The van der Waals surface area contributed by atoms with Gasteiger partial charge >= 0.3 is 0 Å². The van der Waals surface area contributed by atoms with E-state index in [0.717, 1.165) is 30.2 Å². The number of nitrogens with zero attached hydrogens (tertiary/aromatic N) is 1. The maximum absolute atomic E-state index is 12.3. The van der Waals surface area contributed by atoms with Gasteiger partial charge in [0.25, 0.3) is 11.1 Å². The number of amides is 2. The molecule has 0 unspecified atom stereocenters. The first-order chi connectivity index (χ1) is 12.1. The summed E-state index contributed by atoms with van der Waals surface area (Å²) in [6, 6.07) is 5.45. The normalized spacial score (nSPS) is 16.0. The predicted molar refractivity (Wildman–Crippen MR) is 98.0 cm³/mol. The molecule has 0 spiro atoms. The SMILES string of the molecule is CCCCOc1ccc(/C=C2\SC(=O)N(CCOC)C2=O)cc1OC. The van der Waals surface area contributed by atoms with Crippen molar-refractivity contribution in [3.05, 3.63) is 28.7 Å². The maximum Gasteiger partial charge on any atom is 0.293 e. The highest BCUT2D eigenvalue weighted by molar-refractivity contribution is 8.18. The fourth-order valence-electron chi connectivity index (χ4n) is 2.25. The van der Waals surface area contributed by atoms with E-state index in [1.807, 2.05) is 12.1 Å². The van der Waals surface area contributed by atoms with Crippen LogP contribution in [0.3, 0.4) is 0 Å². The van der Waals surface area contributed by atoms with Crippen molar-refractivity contribution in [3.8, 4) is 11.5 Å². The lowest BCUT2D eigenvalue weighted by Crippen LogP contribution is -2.31. The Kier molecular flexibility index (Phi) is 7.33. The van der Waals surface area contributed by atoms with Gasteiger partial charge in [0.05, 0.1) is 31.8 Å². The number of rotatable bonds is 9. The van der Waals surface area contributed by atoms with Gasteiger partial charge in [0.15, 0.2) is 11.5 Å². The molecule has 1 aliphatic rings. The molecular weight excluding hydrogens is 342 g/mol. The van der Waals surface area contributed by atoms with E-state index in [-0.39, 0.29) is 17.7 Å². The van der Waals surface area contributed by atoms with Gasteiger partial charge in [0, 0.05) is 7.11 Å². The third kappa shape index (κ3) is 4.99. The van der Waals surface area contributed by atoms with Crippen LogP contribution in [0.1, 0.15) is 25.3 Å². The minimum absolute atomic E-state index is 0.256. The van der Waals surface area contributed by atoms with Crippen molar-refractivity contribution in [1.82, 2.24) is 4.90 Å². The van der Waals surface area contributed by atoms with Crippen LogP contribution in [-0.2, 0) is 9.53 Å². The van der Waals surface area contributed by atoms with Crippen molar-refractivity contribution in [3.63, 3.8) is 0 Å². The van der Waals surface area contributed by atoms with Crippen LogP contribution in [0.5, 0.6) is 11.5 Å². The van der Waals surface area contributed by atoms with Crippen molar-refractivity contribution in [2.75, 3.05) is 34.0 Å². The molecule has 7 heteroatoms. The number of unbranched alkanes of at least 4 members (excludes halogenated alkanes) is 1. The molecule has 136 valence electrons. The number of imide groups is 1. The van der Waals surface area contributed by atoms with Crippen LogP contribution in [-0.4, -0.2) is 50.0 Å². The number of hydrogen-bond donors (Lipinski definition) is 0. The van der Waals surface area contributed by atoms with Crippen molar-refractivity contribution in [2.24, 2.45) is 0 Å². The summed E-state index contributed by atoms with van der Waals surface area (Å²) in [6.45, 7) is 3.31. The highest BCUT2D eigenvalue weighted by Crippen LogP contribution is 2.34. The first-order valence-electron chi connectivity index (χ1n) is 8.15. The Balaban J connectivity index is 2.15. The molecule has 1 aliphatic heterocycles. The van der Waals surface area contributed by atoms with Crippen LogP contribution in [0.25, 0.3) is 6.08 Å². The van der Waals surface area contributed by atoms with E-state index >= 15 is 0 Å². The molecule has 6 nitrogen and oxygen atoms in total. The summed E-state index contributed by atoms with van der Waals surface area (Å²) >= 11 is 0.932. The molecule has 1 aromatic rings. The van der Waals surface area contributed by atoms with Crippen molar-refractivity contribution < 1.29 is 23.8 Å². The topological polar surface area (TPSA) is 65.1 Å². The molecule has 0 radical (unpaired) electrons. The zero-order valence-electron chi connectivity index (χ0n) is 14.7. The van der Waals surface area contributed by atoms with Gasteiger partial charge in [0.2, 0.25) is 0 Å². The molecule has 2 amide bonds. The smallest absolute Gasteiger partial charge is 0.293 e. The van der Waals surface area contributed by atoms with Gasteiger partial charge in [-0.15, -0.1) is 0 Å². The Morgan fingerprint density at radius 1 is 1.16 bits per heavy atom.